The van der Waals surface area contributed by atoms with Crippen molar-refractivity contribution < 1.29 is 9.47 Å². The topological polar surface area (TPSA) is 18.5 Å². The molecule has 14 heavy (non-hydrogen) atoms. The smallest absolute Gasteiger partial charge is 0.122 e. The highest BCUT2D eigenvalue weighted by molar-refractivity contribution is 5.35. The first kappa shape index (κ1) is 11.1. The summed E-state index contributed by atoms with van der Waals surface area (Å²) in [6.07, 6.45) is 0.135. The van der Waals surface area contributed by atoms with Gasteiger partial charge in [0.1, 0.15) is 12.4 Å². The van der Waals surface area contributed by atoms with Gasteiger partial charge in [-0.05, 0) is 32.4 Å². The Morgan fingerprint density at radius 2 is 2.00 bits per heavy atom. The molecule has 0 aromatic heterocycles. The highest BCUT2D eigenvalue weighted by Gasteiger charge is 2.03. The molecular weight excluding hydrogens is 176 g/mol. The molecule has 1 aromatic rings. The van der Waals surface area contributed by atoms with Crippen LogP contribution >= 0.6 is 0 Å². The molecular formula is C12H18O2. The third-order valence-corrected chi connectivity index (χ3v) is 2.21. The summed E-state index contributed by atoms with van der Waals surface area (Å²) in [6.45, 7) is 6.72. The Labute approximate surface area is 85.8 Å². The Balaban J connectivity index is 2.59. The number of aryl methyl sites for hydroxylation is 2. The Hall–Kier alpha value is -1.02. The standard InChI is InChI=1S/C12H18O2/c1-9-5-6-12(10(2)7-9)14-8-11(3)13-4/h5-7,11H,8H2,1-4H3. The third kappa shape index (κ3) is 3.04. The molecule has 0 heterocycles. The molecule has 0 radical (unpaired) electrons. The second-order valence-corrected chi connectivity index (χ2v) is 3.63. The second-order valence-electron chi connectivity index (χ2n) is 3.63. The molecule has 1 atom stereocenters. The van der Waals surface area contributed by atoms with Gasteiger partial charge in [-0.15, -0.1) is 0 Å². The molecule has 0 spiro atoms. The van der Waals surface area contributed by atoms with Crippen LogP contribution < -0.4 is 4.74 Å². The minimum absolute atomic E-state index is 0.135. The predicted molar refractivity (Wildman–Crippen MR) is 57.9 cm³/mol. The van der Waals surface area contributed by atoms with Gasteiger partial charge >= 0.3 is 0 Å². The van der Waals surface area contributed by atoms with Crippen LogP contribution in [-0.2, 0) is 4.74 Å². The van der Waals surface area contributed by atoms with E-state index in [9.17, 15) is 0 Å². The molecule has 1 rings (SSSR count). The number of hydrogen-bond donors (Lipinski definition) is 0. The van der Waals surface area contributed by atoms with Crippen LogP contribution in [0.2, 0.25) is 0 Å². The van der Waals surface area contributed by atoms with Crippen LogP contribution in [0.15, 0.2) is 18.2 Å². The minimum atomic E-state index is 0.135. The van der Waals surface area contributed by atoms with Crippen LogP contribution in [0, 0.1) is 13.8 Å². The van der Waals surface area contributed by atoms with E-state index < -0.39 is 0 Å². The highest BCUT2D eigenvalue weighted by atomic mass is 16.5. The van der Waals surface area contributed by atoms with Crippen LogP contribution in [0.4, 0.5) is 0 Å². The number of hydrogen-bond acceptors (Lipinski definition) is 2. The third-order valence-electron chi connectivity index (χ3n) is 2.21. The summed E-state index contributed by atoms with van der Waals surface area (Å²) < 4.78 is 10.7. The van der Waals surface area contributed by atoms with Gasteiger partial charge in [0.25, 0.3) is 0 Å². The van der Waals surface area contributed by atoms with Crippen molar-refractivity contribution >= 4 is 0 Å². The zero-order valence-electron chi connectivity index (χ0n) is 9.33. The second kappa shape index (κ2) is 5.01. The largest absolute Gasteiger partial charge is 0.491 e. The quantitative estimate of drug-likeness (QED) is 0.733. The molecule has 0 fully saturated rings. The van der Waals surface area contributed by atoms with E-state index >= 15 is 0 Å². The number of rotatable bonds is 4. The Bertz CT molecular complexity index is 294. The van der Waals surface area contributed by atoms with Crippen molar-refractivity contribution in [2.24, 2.45) is 0 Å². The molecule has 0 amide bonds. The van der Waals surface area contributed by atoms with Gasteiger partial charge in [-0.25, -0.2) is 0 Å². The average molecular weight is 194 g/mol. The van der Waals surface area contributed by atoms with E-state index in [0.29, 0.717) is 6.61 Å². The Morgan fingerprint density at radius 1 is 1.29 bits per heavy atom. The first-order valence-corrected chi connectivity index (χ1v) is 4.86. The Morgan fingerprint density at radius 3 is 2.57 bits per heavy atom. The van der Waals surface area contributed by atoms with Gasteiger partial charge in [0.05, 0.1) is 6.10 Å². The van der Waals surface area contributed by atoms with Crippen LogP contribution in [0.3, 0.4) is 0 Å². The number of ether oxygens (including phenoxy) is 2. The summed E-state index contributed by atoms with van der Waals surface area (Å²) in [5.41, 5.74) is 2.43. The van der Waals surface area contributed by atoms with Crippen molar-refractivity contribution in [1.29, 1.82) is 0 Å². The molecule has 78 valence electrons. The maximum atomic E-state index is 5.62. The van der Waals surface area contributed by atoms with Crippen molar-refractivity contribution in [3.05, 3.63) is 29.3 Å². The molecule has 0 N–H and O–H groups in total. The molecule has 0 bridgehead atoms. The minimum Gasteiger partial charge on any atom is -0.491 e. The van der Waals surface area contributed by atoms with Crippen molar-refractivity contribution in [2.75, 3.05) is 13.7 Å². The lowest BCUT2D eigenvalue weighted by molar-refractivity contribution is 0.0714. The number of methoxy groups -OCH3 is 1. The van der Waals surface area contributed by atoms with E-state index in [4.69, 9.17) is 9.47 Å². The fourth-order valence-corrected chi connectivity index (χ4v) is 1.24. The maximum Gasteiger partial charge on any atom is 0.122 e. The fraction of sp³-hybridized carbons (Fsp3) is 0.500. The zero-order chi connectivity index (χ0) is 10.6. The van der Waals surface area contributed by atoms with Gasteiger partial charge in [-0.2, -0.15) is 0 Å². The molecule has 0 aliphatic heterocycles. The van der Waals surface area contributed by atoms with Gasteiger partial charge in [-0.3, -0.25) is 0 Å². The van der Waals surface area contributed by atoms with E-state index in [2.05, 4.69) is 26.0 Å². The first-order chi connectivity index (χ1) is 6.63. The summed E-state index contributed by atoms with van der Waals surface area (Å²) in [7, 11) is 1.69. The maximum absolute atomic E-state index is 5.62. The first-order valence-electron chi connectivity index (χ1n) is 4.86. The molecule has 0 aliphatic carbocycles. The van der Waals surface area contributed by atoms with E-state index in [-0.39, 0.29) is 6.10 Å². The van der Waals surface area contributed by atoms with E-state index in [1.54, 1.807) is 7.11 Å². The number of benzene rings is 1. The van der Waals surface area contributed by atoms with Crippen molar-refractivity contribution in [1.82, 2.24) is 0 Å². The summed E-state index contributed by atoms with van der Waals surface area (Å²) in [6, 6.07) is 6.18. The highest BCUT2D eigenvalue weighted by Crippen LogP contribution is 2.18. The molecule has 1 unspecified atom stereocenters. The zero-order valence-corrected chi connectivity index (χ0v) is 9.33. The SMILES string of the molecule is COC(C)COc1ccc(C)cc1C. The van der Waals surface area contributed by atoms with Crippen molar-refractivity contribution in [3.8, 4) is 5.75 Å². The van der Waals surface area contributed by atoms with E-state index in [1.807, 2.05) is 13.0 Å². The normalized spacial score (nSPS) is 12.6. The van der Waals surface area contributed by atoms with Crippen LogP contribution in [0.1, 0.15) is 18.1 Å². The molecule has 0 saturated carbocycles. The van der Waals surface area contributed by atoms with Crippen LogP contribution in [-0.4, -0.2) is 19.8 Å². The molecule has 2 nitrogen and oxygen atoms in total. The lowest BCUT2D eigenvalue weighted by Gasteiger charge is -2.13. The van der Waals surface area contributed by atoms with Crippen LogP contribution in [0.25, 0.3) is 0 Å². The van der Waals surface area contributed by atoms with Crippen molar-refractivity contribution in [2.45, 2.75) is 26.9 Å². The predicted octanol–water partition coefficient (Wildman–Crippen LogP) is 2.72. The van der Waals surface area contributed by atoms with Crippen molar-refractivity contribution in [3.63, 3.8) is 0 Å². The monoisotopic (exact) mass is 194 g/mol. The fourth-order valence-electron chi connectivity index (χ4n) is 1.24. The van der Waals surface area contributed by atoms with Gasteiger partial charge in [-0.1, -0.05) is 17.7 Å². The Kier molecular flexibility index (Phi) is 3.96. The van der Waals surface area contributed by atoms with Crippen LogP contribution in [0.5, 0.6) is 5.75 Å². The average Bonchev–Trinajstić information content (AvgIpc) is 2.16. The van der Waals surface area contributed by atoms with E-state index in [1.165, 1.54) is 11.1 Å². The van der Waals surface area contributed by atoms with Gasteiger partial charge < -0.3 is 9.47 Å². The van der Waals surface area contributed by atoms with E-state index in [0.717, 1.165) is 5.75 Å². The van der Waals surface area contributed by atoms with Gasteiger partial charge in [0.2, 0.25) is 0 Å². The summed E-state index contributed by atoms with van der Waals surface area (Å²) in [5, 5.41) is 0. The molecule has 2 heteroatoms. The lowest BCUT2D eigenvalue weighted by atomic mass is 10.1. The lowest BCUT2D eigenvalue weighted by Crippen LogP contribution is -2.16. The molecule has 0 aliphatic rings. The summed E-state index contributed by atoms with van der Waals surface area (Å²) in [4.78, 5) is 0. The summed E-state index contributed by atoms with van der Waals surface area (Å²) in [5.74, 6) is 0.944. The molecule has 1 aromatic carbocycles. The summed E-state index contributed by atoms with van der Waals surface area (Å²) >= 11 is 0. The molecule has 0 saturated heterocycles. The van der Waals surface area contributed by atoms with Gasteiger partial charge in [0.15, 0.2) is 0 Å². The van der Waals surface area contributed by atoms with Gasteiger partial charge in [0, 0.05) is 7.11 Å².